The number of aryl methyl sites for hydroxylation is 1. The summed E-state index contributed by atoms with van der Waals surface area (Å²) >= 11 is 5.37. The van der Waals surface area contributed by atoms with Gasteiger partial charge in [-0.2, -0.15) is 10.2 Å². The molecule has 0 amide bonds. The van der Waals surface area contributed by atoms with Crippen LogP contribution in [0.3, 0.4) is 0 Å². The lowest BCUT2D eigenvalue weighted by Crippen LogP contribution is -2.19. The van der Waals surface area contributed by atoms with E-state index in [2.05, 4.69) is 46.0 Å². The van der Waals surface area contributed by atoms with Gasteiger partial charge in [0, 0.05) is 24.0 Å². The van der Waals surface area contributed by atoms with E-state index in [0.717, 1.165) is 5.69 Å². The Morgan fingerprint density at radius 3 is 2.73 bits per heavy atom. The number of thiocarbonyl (C=S) groups is 1. The second-order valence-corrected chi connectivity index (χ2v) is 7.39. The predicted octanol–water partition coefficient (Wildman–Crippen LogP) is 4.43. The zero-order valence-corrected chi connectivity index (χ0v) is 17.2. The van der Waals surface area contributed by atoms with Gasteiger partial charge in [0.05, 0.1) is 25.0 Å². The average Bonchev–Trinajstić information content (AvgIpc) is 3.33. The number of rotatable bonds is 6. The molecule has 152 valence electrons. The molecular weight excluding hydrogens is 399 g/mol. The van der Waals surface area contributed by atoms with Crippen LogP contribution in [-0.4, -0.2) is 24.7 Å². The van der Waals surface area contributed by atoms with Gasteiger partial charge in [0.15, 0.2) is 10.9 Å². The minimum Gasteiger partial charge on any atom is -0.330 e. The monoisotopic (exact) mass is 420 g/mol. The Morgan fingerprint density at radius 2 is 1.90 bits per heavy atom. The lowest BCUT2D eigenvalue weighted by Gasteiger charge is -2.07. The van der Waals surface area contributed by atoms with E-state index < -0.39 is 0 Å². The zero-order chi connectivity index (χ0) is 20.9. The number of halogens is 1. The molecule has 2 aromatic heterocycles. The fourth-order valence-electron chi connectivity index (χ4n) is 3.11. The Kier molecular flexibility index (Phi) is 5.85. The van der Waals surface area contributed by atoms with E-state index in [1.54, 1.807) is 41.3 Å². The molecule has 0 saturated carbocycles. The number of aromatic nitrogens is 4. The van der Waals surface area contributed by atoms with E-state index in [4.69, 9.17) is 12.2 Å². The molecular formula is C22H21FN6S. The fourth-order valence-corrected chi connectivity index (χ4v) is 3.33. The highest BCUT2D eigenvalue weighted by atomic mass is 32.1. The van der Waals surface area contributed by atoms with Crippen LogP contribution < -0.4 is 10.6 Å². The van der Waals surface area contributed by atoms with Gasteiger partial charge < -0.3 is 10.6 Å². The van der Waals surface area contributed by atoms with Crippen molar-refractivity contribution in [1.82, 2.24) is 19.6 Å². The summed E-state index contributed by atoms with van der Waals surface area (Å²) in [6.07, 6.45) is 5.39. The van der Waals surface area contributed by atoms with Gasteiger partial charge in [-0.1, -0.05) is 48.0 Å². The van der Waals surface area contributed by atoms with Gasteiger partial charge in [-0.15, -0.1) is 0 Å². The van der Waals surface area contributed by atoms with Gasteiger partial charge in [-0.05, 0) is 30.8 Å². The van der Waals surface area contributed by atoms with Crippen molar-refractivity contribution in [2.24, 2.45) is 0 Å². The van der Waals surface area contributed by atoms with E-state index in [-0.39, 0.29) is 5.82 Å². The molecule has 0 aliphatic carbocycles. The normalized spacial score (nSPS) is 10.7. The predicted molar refractivity (Wildman–Crippen MR) is 120 cm³/mol. The molecule has 4 rings (SSSR count). The highest BCUT2D eigenvalue weighted by Crippen LogP contribution is 2.12. The second-order valence-electron chi connectivity index (χ2n) is 6.98. The fraction of sp³-hybridized carbons (Fsp3) is 0.136. The molecule has 2 aromatic carbocycles. The lowest BCUT2D eigenvalue weighted by atomic mass is 10.1. The van der Waals surface area contributed by atoms with E-state index in [1.807, 2.05) is 16.9 Å². The molecule has 0 radical (unpaired) electrons. The van der Waals surface area contributed by atoms with Crippen LogP contribution in [0.2, 0.25) is 0 Å². The maximum atomic E-state index is 13.8. The van der Waals surface area contributed by atoms with E-state index in [1.165, 1.54) is 17.2 Å². The molecule has 8 heteroatoms. The first-order chi connectivity index (χ1) is 14.5. The quantitative estimate of drug-likeness (QED) is 0.452. The summed E-state index contributed by atoms with van der Waals surface area (Å²) in [6.45, 7) is 3.10. The Morgan fingerprint density at radius 1 is 1.03 bits per heavy atom. The van der Waals surface area contributed by atoms with Crippen LogP contribution in [0.4, 0.5) is 15.9 Å². The highest BCUT2D eigenvalue weighted by molar-refractivity contribution is 7.80. The standard InChI is InChI=1S/C22H21FN6S/c1-16-5-4-6-17(11-16)13-29-15-19(12-24-29)25-22(30)26-21-9-10-28(27-21)14-18-7-2-3-8-20(18)23/h2-12,15H,13-14H2,1H3,(H2,25,26,27,30). The number of hydrogen-bond donors (Lipinski definition) is 2. The Bertz CT molecular complexity index is 1170. The first-order valence-electron chi connectivity index (χ1n) is 9.48. The molecule has 0 saturated heterocycles. The molecule has 0 aliphatic heterocycles. The molecule has 0 fully saturated rings. The van der Waals surface area contributed by atoms with Gasteiger partial charge in [-0.3, -0.25) is 9.36 Å². The van der Waals surface area contributed by atoms with Gasteiger partial charge in [0.2, 0.25) is 0 Å². The minimum atomic E-state index is -0.248. The maximum Gasteiger partial charge on any atom is 0.176 e. The number of nitrogens with zero attached hydrogens (tertiary/aromatic N) is 4. The van der Waals surface area contributed by atoms with Gasteiger partial charge in [0.1, 0.15) is 5.82 Å². The Hall–Kier alpha value is -3.52. The van der Waals surface area contributed by atoms with Crippen molar-refractivity contribution >= 4 is 28.8 Å². The van der Waals surface area contributed by atoms with E-state index in [9.17, 15) is 4.39 Å². The number of hydrogen-bond acceptors (Lipinski definition) is 3. The maximum absolute atomic E-state index is 13.8. The van der Waals surface area contributed by atoms with Crippen LogP contribution in [0.5, 0.6) is 0 Å². The van der Waals surface area contributed by atoms with Crippen molar-refractivity contribution in [1.29, 1.82) is 0 Å². The van der Waals surface area contributed by atoms with Crippen LogP contribution in [-0.2, 0) is 13.1 Å². The third-order valence-corrected chi connectivity index (χ3v) is 4.69. The van der Waals surface area contributed by atoms with E-state index >= 15 is 0 Å². The van der Waals surface area contributed by atoms with Crippen molar-refractivity contribution in [2.45, 2.75) is 20.0 Å². The van der Waals surface area contributed by atoms with Crippen LogP contribution >= 0.6 is 12.2 Å². The largest absolute Gasteiger partial charge is 0.330 e. The molecule has 0 bridgehead atoms. The van der Waals surface area contributed by atoms with Crippen molar-refractivity contribution in [3.8, 4) is 0 Å². The van der Waals surface area contributed by atoms with Crippen LogP contribution in [0.25, 0.3) is 0 Å². The third kappa shape index (κ3) is 5.09. The minimum absolute atomic E-state index is 0.248. The third-order valence-electron chi connectivity index (χ3n) is 4.49. The summed E-state index contributed by atoms with van der Waals surface area (Å²) in [5.74, 6) is 0.332. The second kappa shape index (κ2) is 8.87. The summed E-state index contributed by atoms with van der Waals surface area (Å²) in [5.41, 5.74) is 3.77. The molecule has 0 spiro atoms. The molecule has 2 heterocycles. The molecule has 30 heavy (non-hydrogen) atoms. The Labute approximate surface area is 179 Å². The smallest absolute Gasteiger partial charge is 0.176 e. The first-order valence-corrected chi connectivity index (χ1v) is 9.89. The number of benzene rings is 2. The summed E-state index contributed by atoms with van der Waals surface area (Å²) in [5, 5.41) is 15.3. The van der Waals surface area contributed by atoms with Crippen molar-refractivity contribution < 1.29 is 4.39 Å². The average molecular weight is 421 g/mol. The zero-order valence-electron chi connectivity index (χ0n) is 16.4. The highest BCUT2D eigenvalue weighted by Gasteiger charge is 2.07. The number of anilines is 2. The summed E-state index contributed by atoms with van der Waals surface area (Å²) in [6, 6.07) is 16.8. The molecule has 6 nitrogen and oxygen atoms in total. The van der Waals surface area contributed by atoms with Crippen LogP contribution in [0, 0.1) is 12.7 Å². The van der Waals surface area contributed by atoms with E-state index in [0.29, 0.717) is 29.6 Å². The van der Waals surface area contributed by atoms with Gasteiger partial charge in [-0.25, -0.2) is 4.39 Å². The van der Waals surface area contributed by atoms with Gasteiger partial charge >= 0.3 is 0 Å². The van der Waals surface area contributed by atoms with Crippen LogP contribution in [0.15, 0.2) is 73.2 Å². The van der Waals surface area contributed by atoms with Crippen molar-refractivity contribution in [2.75, 3.05) is 10.6 Å². The van der Waals surface area contributed by atoms with Gasteiger partial charge in [0.25, 0.3) is 0 Å². The topological polar surface area (TPSA) is 59.7 Å². The summed E-state index contributed by atoms with van der Waals surface area (Å²) < 4.78 is 17.3. The lowest BCUT2D eigenvalue weighted by molar-refractivity contribution is 0.586. The molecule has 2 N–H and O–H groups in total. The molecule has 0 unspecified atom stereocenters. The van der Waals surface area contributed by atoms with Crippen LogP contribution in [0.1, 0.15) is 16.7 Å². The van der Waals surface area contributed by atoms with Crippen molar-refractivity contribution in [3.63, 3.8) is 0 Å². The molecule has 4 aromatic rings. The SMILES string of the molecule is Cc1cccc(Cn2cc(NC(=S)Nc3ccn(Cc4ccccc4F)n3)cn2)c1. The summed E-state index contributed by atoms with van der Waals surface area (Å²) in [7, 11) is 0. The van der Waals surface area contributed by atoms with Crippen molar-refractivity contribution in [3.05, 3.63) is 95.7 Å². The molecule has 0 aliphatic rings. The first kappa shape index (κ1) is 19.8. The Balaban J connectivity index is 1.32. The number of nitrogens with one attached hydrogen (secondary N) is 2. The molecule has 0 atom stereocenters. The summed E-state index contributed by atoms with van der Waals surface area (Å²) in [4.78, 5) is 0.